The molecule has 64 heavy (non-hydrogen) atoms. The number of halogens is 6. The Labute approximate surface area is 364 Å². The number of carbonyl (C=O) groups excluding carboxylic acids is 2. The highest BCUT2D eigenvalue weighted by molar-refractivity contribution is 5.89. The van der Waals surface area contributed by atoms with E-state index in [1.165, 1.54) is 0 Å². The van der Waals surface area contributed by atoms with E-state index >= 15 is 0 Å². The van der Waals surface area contributed by atoms with Crippen molar-refractivity contribution >= 4 is 45.3 Å². The normalized spacial score (nSPS) is 15.1. The lowest BCUT2D eigenvalue weighted by Crippen LogP contribution is -2.43. The smallest absolute Gasteiger partial charge is 0.471 e. The lowest BCUT2D eigenvalue weighted by molar-refractivity contribution is -0.173. The summed E-state index contributed by atoms with van der Waals surface area (Å²) in [7, 11) is 0. The van der Waals surface area contributed by atoms with E-state index in [4.69, 9.17) is 9.72 Å². The fourth-order valence-corrected chi connectivity index (χ4v) is 7.70. The Morgan fingerprint density at radius 2 is 1.05 bits per heavy atom. The van der Waals surface area contributed by atoms with Crippen molar-refractivity contribution < 1.29 is 45.8 Å². The number of hydrogen-bond donors (Lipinski definition) is 3. The number of amides is 2. The van der Waals surface area contributed by atoms with E-state index < -0.39 is 24.2 Å². The summed E-state index contributed by atoms with van der Waals surface area (Å²) in [6.07, 6.45) is -3.68. The summed E-state index contributed by atoms with van der Waals surface area (Å²) in [5.41, 5.74) is 3.46. The Hall–Kier alpha value is -6.72. The molecule has 4 aromatic carbocycles. The summed E-state index contributed by atoms with van der Waals surface area (Å²) in [4.78, 5) is 44.2. The van der Waals surface area contributed by atoms with Crippen LogP contribution >= 0.6 is 0 Å². The van der Waals surface area contributed by atoms with Gasteiger partial charge in [0.1, 0.15) is 11.5 Å². The van der Waals surface area contributed by atoms with Crippen molar-refractivity contribution in [1.82, 2.24) is 30.6 Å². The molecule has 0 aliphatic carbocycles. The number of piperidine rings is 2. The van der Waals surface area contributed by atoms with Gasteiger partial charge in [-0.15, -0.1) is 0 Å². The third kappa shape index (κ3) is 11.6. The Kier molecular flexibility index (Phi) is 14.0. The van der Waals surface area contributed by atoms with Gasteiger partial charge in [-0.25, -0.2) is 19.9 Å². The molecule has 2 amide bonds. The first-order chi connectivity index (χ1) is 30.6. The van der Waals surface area contributed by atoms with Crippen LogP contribution in [0.3, 0.4) is 0 Å². The second-order valence-corrected chi connectivity index (χ2v) is 15.7. The van der Waals surface area contributed by atoms with Gasteiger partial charge in [0, 0.05) is 62.8 Å². The minimum absolute atomic E-state index is 0.00204. The first-order valence-electron chi connectivity index (χ1n) is 20.9. The van der Waals surface area contributed by atoms with Crippen molar-refractivity contribution in [3.63, 3.8) is 0 Å². The molecule has 18 heteroatoms. The number of aromatic hydroxyl groups is 1. The fourth-order valence-electron chi connectivity index (χ4n) is 7.70. The highest BCUT2D eigenvalue weighted by Crippen LogP contribution is 2.30. The summed E-state index contributed by atoms with van der Waals surface area (Å²) >= 11 is 0. The standard InChI is InChI=1S/C24H25F3N4O2.C22H21F3N4O2/c1-2-33-20-6-5-17-13-19(4-3-18(17)14-20)21-7-10-28-23(30-21)31-11-8-16(9-12-31)15-29-22(32)24(25,26)27;23-22(24,25)20(31)27-13-14-6-9-29(10-7-14)21-26-8-5-19(28-21)17-2-1-16-12-18(30)4-3-15(16)11-17/h3-7,10,13-14,16H,2,8-9,11-12,15H2,1H3,(H,29,32);1-5,8,11-12,14,30H,6-7,9-10,13H2,(H,27,31). The van der Waals surface area contributed by atoms with Gasteiger partial charge in [0.05, 0.1) is 18.0 Å². The van der Waals surface area contributed by atoms with Gasteiger partial charge in [-0.3, -0.25) is 9.59 Å². The summed E-state index contributed by atoms with van der Waals surface area (Å²) in [6.45, 7) is 5.05. The van der Waals surface area contributed by atoms with Crippen LogP contribution in [0, 0.1) is 11.8 Å². The van der Waals surface area contributed by atoms with Crippen LogP contribution < -0.4 is 25.2 Å². The summed E-state index contributed by atoms with van der Waals surface area (Å²) in [6, 6.07) is 26.8. The Balaban J connectivity index is 0.000000192. The third-order valence-electron chi connectivity index (χ3n) is 11.2. The molecule has 2 fully saturated rings. The molecule has 0 radical (unpaired) electrons. The molecule has 12 nitrogen and oxygen atoms in total. The highest BCUT2D eigenvalue weighted by atomic mass is 19.4. The van der Waals surface area contributed by atoms with Crippen LogP contribution in [-0.4, -0.2) is 95.1 Å². The lowest BCUT2D eigenvalue weighted by atomic mass is 9.97. The van der Waals surface area contributed by atoms with Crippen LogP contribution in [0.5, 0.6) is 11.5 Å². The van der Waals surface area contributed by atoms with E-state index in [0.717, 1.165) is 49.8 Å². The van der Waals surface area contributed by atoms with Crippen molar-refractivity contribution in [2.45, 2.75) is 45.0 Å². The van der Waals surface area contributed by atoms with Crippen molar-refractivity contribution in [1.29, 1.82) is 0 Å². The van der Waals surface area contributed by atoms with Crippen molar-refractivity contribution in [2.24, 2.45) is 11.8 Å². The number of phenolic OH excluding ortho intramolecular Hbond substituents is 1. The molecule has 8 rings (SSSR count). The van der Waals surface area contributed by atoms with Crippen LogP contribution in [-0.2, 0) is 9.59 Å². The minimum Gasteiger partial charge on any atom is -0.508 e. The SMILES string of the molecule is CCOc1ccc2cc(-c3ccnc(N4CCC(CNC(=O)C(F)(F)F)CC4)n3)ccc2c1.O=C(NCC1CCN(c2nccc(-c3ccc4cc(O)ccc4c3)n2)CC1)C(F)(F)F. The first-order valence-corrected chi connectivity index (χ1v) is 20.9. The van der Waals surface area contributed by atoms with Crippen LogP contribution in [0.1, 0.15) is 32.6 Å². The van der Waals surface area contributed by atoms with Gasteiger partial charge >= 0.3 is 24.2 Å². The molecule has 3 N–H and O–H groups in total. The molecule has 2 aliphatic rings. The number of anilines is 2. The van der Waals surface area contributed by atoms with Gasteiger partial charge in [0.2, 0.25) is 11.9 Å². The van der Waals surface area contributed by atoms with Gasteiger partial charge in [0.15, 0.2) is 0 Å². The van der Waals surface area contributed by atoms with Crippen LogP contribution in [0.2, 0.25) is 0 Å². The number of nitrogens with zero attached hydrogens (tertiary/aromatic N) is 6. The molecule has 0 saturated carbocycles. The van der Waals surface area contributed by atoms with E-state index in [9.17, 15) is 41.0 Å². The summed E-state index contributed by atoms with van der Waals surface area (Å²) in [5, 5.41) is 17.6. The van der Waals surface area contributed by atoms with Gasteiger partial charge in [-0.2, -0.15) is 26.3 Å². The first kappa shape index (κ1) is 45.3. The van der Waals surface area contributed by atoms with Gasteiger partial charge in [-0.05, 0) is 115 Å². The van der Waals surface area contributed by atoms with Crippen molar-refractivity contribution in [3.8, 4) is 34.0 Å². The van der Waals surface area contributed by atoms with E-state index in [1.54, 1.807) is 24.5 Å². The minimum atomic E-state index is -4.85. The second kappa shape index (κ2) is 19.8. The number of hydrogen-bond acceptors (Lipinski definition) is 10. The quantitative estimate of drug-likeness (QED) is 0.115. The zero-order valence-electron chi connectivity index (χ0n) is 34.8. The maximum Gasteiger partial charge on any atom is 0.471 e. The van der Waals surface area contributed by atoms with E-state index in [2.05, 4.69) is 21.0 Å². The summed E-state index contributed by atoms with van der Waals surface area (Å²) < 4.78 is 79.6. The maximum atomic E-state index is 12.4. The van der Waals surface area contributed by atoms with Gasteiger partial charge in [0.25, 0.3) is 0 Å². The molecule has 4 heterocycles. The van der Waals surface area contributed by atoms with Crippen LogP contribution in [0.15, 0.2) is 97.3 Å². The molecule has 2 aromatic heterocycles. The Bertz CT molecular complexity index is 2580. The second-order valence-electron chi connectivity index (χ2n) is 15.7. The number of alkyl halides is 6. The molecule has 0 unspecified atom stereocenters. The number of nitrogens with one attached hydrogen (secondary N) is 2. The lowest BCUT2D eigenvalue weighted by Gasteiger charge is -2.32. The van der Waals surface area contributed by atoms with E-state index in [-0.39, 0.29) is 30.7 Å². The zero-order valence-corrected chi connectivity index (χ0v) is 34.8. The molecule has 0 atom stereocenters. The van der Waals surface area contributed by atoms with Gasteiger partial charge in [-0.1, -0.05) is 36.4 Å². The van der Waals surface area contributed by atoms with E-state index in [0.29, 0.717) is 70.4 Å². The average Bonchev–Trinajstić information content (AvgIpc) is 3.29. The number of benzene rings is 4. The average molecular weight is 889 g/mol. The Morgan fingerprint density at radius 3 is 1.50 bits per heavy atom. The van der Waals surface area contributed by atoms with E-state index in [1.807, 2.05) is 94.1 Å². The molecule has 2 aliphatic heterocycles. The van der Waals surface area contributed by atoms with Crippen molar-refractivity contribution in [2.75, 3.05) is 55.7 Å². The predicted octanol–water partition coefficient (Wildman–Crippen LogP) is 8.49. The van der Waals surface area contributed by atoms with Crippen LogP contribution in [0.4, 0.5) is 38.2 Å². The molecule has 6 aromatic rings. The Morgan fingerprint density at radius 1 is 0.625 bits per heavy atom. The number of phenols is 1. The van der Waals surface area contributed by atoms with Crippen LogP contribution in [0.25, 0.3) is 44.1 Å². The van der Waals surface area contributed by atoms with Crippen molar-refractivity contribution in [3.05, 3.63) is 97.3 Å². The number of rotatable bonds is 10. The van der Waals surface area contributed by atoms with Gasteiger partial charge < -0.3 is 30.3 Å². The molecular weight excluding hydrogens is 843 g/mol. The number of aromatic nitrogens is 4. The number of fused-ring (bicyclic) bond motifs is 2. The topological polar surface area (TPSA) is 146 Å². The molecule has 336 valence electrons. The highest BCUT2D eigenvalue weighted by Gasteiger charge is 2.39. The maximum absolute atomic E-state index is 12.4. The molecular formula is C46H46F6N8O4. The summed E-state index contributed by atoms with van der Waals surface area (Å²) in [5.74, 6) is -1.57. The molecule has 2 saturated heterocycles. The molecule has 0 spiro atoms. The number of carbonyl (C=O) groups is 2. The zero-order chi connectivity index (χ0) is 45.4. The monoisotopic (exact) mass is 888 g/mol. The fraction of sp³-hybridized carbons (Fsp3) is 0.348. The largest absolute Gasteiger partial charge is 0.508 e. The molecule has 0 bridgehead atoms. The number of ether oxygens (including phenoxy) is 1. The predicted molar refractivity (Wildman–Crippen MR) is 231 cm³/mol. The third-order valence-corrected chi connectivity index (χ3v) is 11.2.